The summed E-state index contributed by atoms with van der Waals surface area (Å²) in [6, 6.07) is 18.5. The number of primary amides is 1. The summed E-state index contributed by atoms with van der Waals surface area (Å²) in [5.41, 5.74) is 10.4. The number of furan rings is 2. The molecule has 3 aromatic carbocycles. The number of hydrogen-bond acceptors (Lipinski definition) is 9. The van der Waals surface area contributed by atoms with Crippen LogP contribution < -0.4 is 15.5 Å². The molecule has 11 nitrogen and oxygen atoms in total. The summed E-state index contributed by atoms with van der Waals surface area (Å²) in [6.45, 7) is 8.22. The van der Waals surface area contributed by atoms with Gasteiger partial charge in [-0.05, 0) is 91.5 Å². The van der Waals surface area contributed by atoms with Crippen LogP contribution in [0, 0.1) is 11.6 Å². The van der Waals surface area contributed by atoms with Crippen LogP contribution in [0.3, 0.4) is 0 Å². The van der Waals surface area contributed by atoms with E-state index in [0.717, 1.165) is 96.1 Å². The maximum Gasteiger partial charge on any atom is 0.371 e. The number of benzene rings is 3. The van der Waals surface area contributed by atoms with Gasteiger partial charge in [-0.3, -0.25) is 19.6 Å². The fourth-order valence-electron chi connectivity index (χ4n) is 6.85. The number of piperazine rings is 2. The van der Waals surface area contributed by atoms with Gasteiger partial charge in [-0.1, -0.05) is 6.07 Å². The number of rotatable bonds is 8. The number of carbonyl (C=O) groups excluding carboxylic acids is 1. The van der Waals surface area contributed by atoms with Gasteiger partial charge in [-0.25, -0.2) is 13.6 Å². The van der Waals surface area contributed by atoms with Gasteiger partial charge in [-0.2, -0.15) is 0 Å². The van der Waals surface area contributed by atoms with Gasteiger partial charge in [0.2, 0.25) is 5.76 Å². The Labute approximate surface area is 326 Å². The molecule has 0 aliphatic carbocycles. The molecule has 0 spiro atoms. The lowest BCUT2D eigenvalue weighted by atomic mass is 10.1. The Balaban J connectivity index is 0.000000167. The number of carboxylic acids is 1. The number of halogens is 4. The third-order valence-electron chi connectivity index (χ3n) is 9.57. The van der Waals surface area contributed by atoms with E-state index in [-0.39, 0.29) is 11.5 Å². The van der Waals surface area contributed by atoms with Crippen LogP contribution in [0.15, 0.2) is 96.9 Å². The molecule has 280 valence electrons. The number of hydrogen-bond donors (Lipinski definition) is 2. The van der Waals surface area contributed by atoms with E-state index in [0.29, 0.717) is 23.3 Å². The molecule has 1 amide bonds. The van der Waals surface area contributed by atoms with Crippen molar-refractivity contribution in [2.24, 2.45) is 5.73 Å². The summed E-state index contributed by atoms with van der Waals surface area (Å²) in [6.07, 6.45) is 3.70. The van der Waals surface area contributed by atoms with Crippen LogP contribution >= 0.6 is 31.9 Å². The molecule has 2 saturated heterocycles. The van der Waals surface area contributed by atoms with Gasteiger partial charge in [0, 0.05) is 101 Å². The first-order chi connectivity index (χ1) is 26.0. The Hall–Kier alpha value is -4.83. The summed E-state index contributed by atoms with van der Waals surface area (Å²) in [5, 5.41) is 10.7. The number of anilines is 2. The van der Waals surface area contributed by atoms with E-state index < -0.39 is 23.5 Å². The van der Waals surface area contributed by atoms with Gasteiger partial charge < -0.3 is 29.5 Å². The normalized spacial score (nSPS) is 15.4. The number of carboxylic acid groups (broad SMARTS) is 1. The third kappa shape index (κ3) is 8.44. The van der Waals surface area contributed by atoms with E-state index in [1.807, 2.05) is 36.5 Å². The zero-order valence-electron chi connectivity index (χ0n) is 29.0. The predicted octanol–water partition coefficient (Wildman–Crippen LogP) is 7.51. The summed E-state index contributed by atoms with van der Waals surface area (Å²) in [5.74, 6) is -2.69. The van der Waals surface area contributed by atoms with Gasteiger partial charge in [0.15, 0.2) is 5.76 Å². The molecule has 6 aromatic rings. The van der Waals surface area contributed by atoms with E-state index in [2.05, 4.69) is 62.5 Å². The van der Waals surface area contributed by atoms with E-state index in [1.165, 1.54) is 17.7 Å². The minimum absolute atomic E-state index is 0.0425. The largest absolute Gasteiger partial charge is 0.475 e. The Kier molecular flexibility index (Phi) is 11.3. The lowest BCUT2D eigenvalue weighted by molar-refractivity contribution is 0.0664. The smallest absolute Gasteiger partial charge is 0.371 e. The molecule has 54 heavy (non-hydrogen) atoms. The SMILES string of the molecule is NC(=O)c1cc2c(Br)c(N3CCN(Cc4cc(F)cc(F)c4)CC3)ccc2o1.O=C(O)c1cc2c(Br)c(N3CCN(Cc4cccnc4)CC3)ccc2o1. The number of pyridine rings is 1. The maximum atomic E-state index is 13.4. The summed E-state index contributed by atoms with van der Waals surface area (Å²) < 4.78 is 39.3. The maximum absolute atomic E-state index is 13.4. The van der Waals surface area contributed by atoms with Crippen LogP contribution in [0.25, 0.3) is 21.9 Å². The van der Waals surface area contributed by atoms with Crippen LogP contribution in [0.1, 0.15) is 32.2 Å². The second kappa shape index (κ2) is 16.3. The molecule has 0 atom stereocenters. The number of amides is 1. The first-order valence-electron chi connectivity index (χ1n) is 17.3. The third-order valence-corrected chi connectivity index (χ3v) is 11.2. The van der Waals surface area contributed by atoms with Crippen LogP contribution in [-0.4, -0.2) is 84.1 Å². The highest BCUT2D eigenvalue weighted by Crippen LogP contribution is 2.37. The number of carbonyl (C=O) groups is 2. The summed E-state index contributed by atoms with van der Waals surface area (Å²) in [4.78, 5) is 35.8. The molecule has 3 aromatic heterocycles. The Morgan fingerprint density at radius 2 is 1.20 bits per heavy atom. The van der Waals surface area contributed by atoms with Crippen LogP contribution in [-0.2, 0) is 13.1 Å². The minimum atomic E-state index is -1.06. The number of fused-ring (bicyclic) bond motifs is 2. The molecule has 2 fully saturated rings. The summed E-state index contributed by atoms with van der Waals surface area (Å²) >= 11 is 7.25. The van der Waals surface area contributed by atoms with Gasteiger partial charge >= 0.3 is 5.97 Å². The molecule has 5 heterocycles. The highest BCUT2D eigenvalue weighted by Gasteiger charge is 2.23. The van der Waals surface area contributed by atoms with Crippen molar-refractivity contribution in [2.75, 3.05) is 62.2 Å². The van der Waals surface area contributed by atoms with Crippen LogP contribution in [0.2, 0.25) is 0 Å². The topological polar surface area (TPSA) is 133 Å². The Bertz CT molecular complexity index is 2280. The molecule has 0 unspecified atom stereocenters. The lowest BCUT2D eigenvalue weighted by Crippen LogP contribution is -2.46. The fourth-order valence-corrected chi connectivity index (χ4v) is 8.24. The number of aromatic carboxylic acids is 1. The van der Waals surface area contributed by atoms with E-state index in [1.54, 1.807) is 18.3 Å². The first kappa shape index (κ1) is 37.5. The van der Waals surface area contributed by atoms with Gasteiger partial charge in [-0.15, -0.1) is 0 Å². The van der Waals surface area contributed by atoms with Gasteiger partial charge in [0.25, 0.3) is 5.91 Å². The average molecular weight is 867 g/mol. The van der Waals surface area contributed by atoms with Crippen molar-refractivity contribution in [3.63, 3.8) is 0 Å². The van der Waals surface area contributed by atoms with Crippen LogP contribution in [0.4, 0.5) is 20.2 Å². The first-order valence-corrected chi connectivity index (χ1v) is 18.9. The van der Waals surface area contributed by atoms with Crippen molar-refractivity contribution in [3.8, 4) is 0 Å². The molecule has 2 aliphatic heterocycles. The van der Waals surface area contributed by atoms with Crippen molar-refractivity contribution < 1.29 is 32.3 Å². The molecule has 15 heteroatoms. The number of nitrogens with two attached hydrogens (primary N) is 1. The fraction of sp³-hybridized carbons (Fsp3) is 0.256. The van der Waals surface area contributed by atoms with E-state index in [9.17, 15) is 18.4 Å². The zero-order valence-corrected chi connectivity index (χ0v) is 32.2. The van der Waals surface area contributed by atoms with Crippen molar-refractivity contribution in [1.29, 1.82) is 0 Å². The Morgan fingerprint density at radius 3 is 1.69 bits per heavy atom. The molecule has 0 bridgehead atoms. The molecular weight excluding hydrogens is 830 g/mol. The zero-order chi connectivity index (χ0) is 37.9. The van der Waals surface area contributed by atoms with Crippen molar-refractivity contribution in [3.05, 3.63) is 122 Å². The lowest BCUT2D eigenvalue weighted by Gasteiger charge is -2.36. The van der Waals surface area contributed by atoms with Crippen molar-refractivity contribution in [1.82, 2.24) is 14.8 Å². The Morgan fingerprint density at radius 1 is 0.704 bits per heavy atom. The minimum Gasteiger partial charge on any atom is -0.475 e. The number of aromatic nitrogens is 1. The van der Waals surface area contributed by atoms with Crippen molar-refractivity contribution in [2.45, 2.75) is 13.1 Å². The molecule has 3 N–H and O–H groups in total. The highest BCUT2D eigenvalue weighted by atomic mass is 79.9. The second-order valence-corrected chi connectivity index (χ2v) is 14.8. The molecule has 2 aliphatic rings. The second-order valence-electron chi connectivity index (χ2n) is 13.2. The standard InChI is InChI=1S/C20H18BrF2N3O2.C19H18BrN3O3/c21-19-15-10-18(20(24)27)28-17(15)2-1-16(19)26-5-3-25(4-6-26)11-12-7-13(22)9-14(23)8-12;20-18-14-10-17(19(24)25)26-16(14)4-3-15(18)23-8-6-22(7-9-23)12-13-2-1-5-21-11-13/h1-2,7-10H,3-6,11H2,(H2,24,27);1-5,10-11H,6-9,12H2,(H,24,25). The molecule has 8 rings (SSSR count). The highest BCUT2D eigenvalue weighted by molar-refractivity contribution is 9.11. The summed E-state index contributed by atoms with van der Waals surface area (Å²) in [7, 11) is 0. The van der Waals surface area contributed by atoms with Crippen molar-refractivity contribution >= 4 is 77.0 Å². The van der Waals surface area contributed by atoms with Gasteiger partial charge in [0.1, 0.15) is 22.8 Å². The van der Waals surface area contributed by atoms with E-state index >= 15 is 0 Å². The quantitative estimate of drug-likeness (QED) is 0.159. The number of nitrogens with zero attached hydrogens (tertiary/aromatic N) is 5. The van der Waals surface area contributed by atoms with Crippen LogP contribution in [0.5, 0.6) is 0 Å². The average Bonchev–Trinajstić information content (AvgIpc) is 3.80. The van der Waals surface area contributed by atoms with E-state index in [4.69, 9.17) is 19.7 Å². The monoisotopic (exact) mass is 864 g/mol. The molecular formula is C39H36Br2F2N6O5. The predicted molar refractivity (Wildman–Crippen MR) is 209 cm³/mol. The molecule has 0 radical (unpaired) electrons. The molecule has 0 saturated carbocycles. The van der Waals surface area contributed by atoms with Gasteiger partial charge in [0.05, 0.1) is 20.3 Å².